The maximum absolute atomic E-state index is 12.6. The van der Waals surface area contributed by atoms with Gasteiger partial charge in [0, 0.05) is 28.7 Å². The third kappa shape index (κ3) is 5.43. The van der Waals surface area contributed by atoms with Crippen molar-refractivity contribution in [2.45, 2.75) is 32.9 Å². The molecule has 2 N–H and O–H groups in total. The number of alkyl carbamates (subject to hydrolysis) is 1. The quantitative estimate of drug-likeness (QED) is 0.297. The van der Waals surface area contributed by atoms with E-state index in [4.69, 9.17) is 4.74 Å². The maximum Gasteiger partial charge on any atom is 0.407 e. The van der Waals surface area contributed by atoms with E-state index < -0.39 is 12.1 Å². The lowest BCUT2D eigenvalue weighted by atomic mass is 10.0. The Morgan fingerprint density at radius 1 is 1.16 bits per heavy atom. The van der Waals surface area contributed by atoms with Crippen molar-refractivity contribution in [3.8, 4) is 0 Å². The lowest BCUT2D eigenvalue weighted by Gasteiger charge is -2.18. The fraction of sp³-hybridized carbons (Fsp3) is 0.240. The zero-order valence-electron chi connectivity index (χ0n) is 18.4. The lowest BCUT2D eigenvalue weighted by molar-refractivity contribution is -0.121. The average Bonchev–Trinajstić information content (AvgIpc) is 3.06. The predicted octanol–water partition coefficient (Wildman–Crippen LogP) is 4.46. The first-order valence-corrected chi connectivity index (χ1v) is 10.5. The Hall–Kier alpha value is -3.87. The first-order chi connectivity index (χ1) is 15.5. The van der Waals surface area contributed by atoms with Gasteiger partial charge >= 0.3 is 6.09 Å². The molecule has 1 atom stereocenters. The van der Waals surface area contributed by atoms with Crippen LogP contribution in [0.4, 0.5) is 4.79 Å². The molecular weight excluding hydrogens is 404 g/mol. The number of ether oxygens (including phenoxy) is 1. The second-order valence-electron chi connectivity index (χ2n) is 7.24. The molecule has 7 heteroatoms. The number of amides is 2. The number of aromatic nitrogens is 1. The molecule has 0 saturated carbocycles. The number of hydrogen-bond acceptors (Lipinski definition) is 4. The van der Waals surface area contributed by atoms with Gasteiger partial charge in [-0.2, -0.15) is 5.10 Å². The summed E-state index contributed by atoms with van der Waals surface area (Å²) in [5, 5.41) is 7.97. The molecule has 3 aromatic rings. The highest BCUT2D eigenvalue weighted by atomic mass is 16.5. The van der Waals surface area contributed by atoms with Crippen LogP contribution in [0.15, 0.2) is 72.4 Å². The number of carbonyl (C=O) groups excluding carboxylic acids is 2. The number of nitrogens with zero attached hydrogens (tertiary/aromatic N) is 2. The molecule has 2 aromatic carbocycles. The van der Waals surface area contributed by atoms with Crippen LogP contribution < -0.4 is 10.7 Å². The van der Waals surface area contributed by atoms with Gasteiger partial charge in [-0.25, -0.2) is 10.2 Å². The van der Waals surface area contributed by atoms with Crippen molar-refractivity contribution in [3.63, 3.8) is 0 Å². The van der Waals surface area contributed by atoms with Crippen LogP contribution in [0.1, 0.15) is 36.2 Å². The molecule has 32 heavy (non-hydrogen) atoms. The van der Waals surface area contributed by atoms with E-state index in [0.29, 0.717) is 6.54 Å². The van der Waals surface area contributed by atoms with Crippen LogP contribution in [0.3, 0.4) is 0 Å². The van der Waals surface area contributed by atoms with Crippen molar-refractivity contribution in [1.82, 2.24) is 15.3 Å². The molecule has 0 saturated heterocycles. The number of fused-ring (bicyclic) bond motifs is 1. The number of carbonyl (C=O) groups is 2. The fourth-order valence-electron chi connectivity index (χ4n) is 3.64. The second-order valence-corrected chi connectivity index (χ2v) is 7.24. The molecule has 0 radical (unpaired) electrons. The smallest absolute Gasteiger partial charge is 0.407 e. The van der Waals surface area contributed by atoms with Crippen LogP contribution in [-0.4, -0.2) is 29.4 Å². The largest absolute Gasteiger partial charge is 0.450 e. The number of nitrogens with one attached hydrogen (secondary N) is 2. The molecule has 2 amide bonds. The number of allylic oxidation sites excluding steroid dienone is 1. The minimum atomic E-state index is -0.566. The van der Waals surface area contributed by atoms with E-state index in [1.807, 2.05) is 67.6 Å². The summed E-state index contributed by atoms with van der Waals surface area (Å²) in [7, 11) is 0. The molecule has 1 heterocycles. The molecule has 0 fully saturated rings. The highest BCUT2D eigenvalue weighted by molar-refractivity contribution is 6.01. The Balaban J connectivity index is 1.73. The maximum atomic E-state index is 12.6. The highest BCUT2D eigenvalue weighted by Crippen LogP contribution is 2.24. The summed E-state index contributed by atoms with van der Waals surface area (Å²) >= 11 is 0. The van der Waals surface area contributed by atoms with Crippen molar-refractivity contribution >= 4 is 29.1 Å². The number of rotatable bonds is 9. The Morgan fingerprint density at radius 3 is 2.59 bits per heavy atom. The van der Waals surface area contributed by atoms with Crippen molar-refractivity contribution in [2.24, 2.45) is 5.10 Å². The molecule has 0 aliphatic carbocycles. The first kappa shape index (κ1) is 22.8. The van der Waals surface area contributed by atoms with Gasteiger partial charge in [0.1, 0.15) is 0 Å². The van der Waals surface area contributed by atoms with Crippen LogP contribution in [0.5, 0.6) is 0 Å². The third-order valence-corrected chi connectivity index (χ3v) is 5.13. The summed E-state index contributed by atoms with van der Waals surface area (Å²) < 4.78 is 7.12. The van der Waals surface area contributed by atoms with Crippen LogP contribution >= 0.6 is 0 Å². The van der Waals surface area contributed by atoms with Crippen LogP contribution in [0.25, 0.3) is 10.9 Å². The first-order valence-electron chi connectivity index (χ1n) is 10.5. The Labute approximate surface area is 187 Å². The topological polar surface area (TPSA) is 84.7 Å². The van der Waals surface area contributed by atoms with E-state index >= 15 is 0 Å². The van der Waals surface area contributed by atoms with Gasteiger partial charge in [-0.05, 0) is 25.5 Å². The summed E-state index contributed by atoms with van der Waals surface area (Å²) in [5.74, 6) is -0.320. The van der Waals surface area contributed by atoms with Gasteiger partial charge in [0.2, 0.25) is 5.91 Å². The van der Waals surface area contributed by atoms with Crippen LogP contribution in [0.2, 0.25) is 0 Å². The van der Waals surface area contributed by atoms with Crippen molar-refractivity contribution in [3.05, 3.63) is 84.1 Å². The van der Waals surface area contributed by atoms with Gasteiger partial charge in [0.25, 0.3) is 0 Å². The van der Waals surface area contributed by atoms with Crippen LogP contribution in [0, 0.1) is 6.92 Å². The normalized spacial score (nSPS) is 11.9. The molecule has 0 bridgehead atoms. The van der Waals surface area contributed by atoms with E-state index in [1.165, 1.54) is 0 Å². The Bertz CT molecular complexity index is 1120. The van der Waals surface area contributed by atoms with Gasteiger partial charge in [0.15, 0.2) is 0 Å². The van der Waals surface area contributed by atoms with Crippen molar-refractivity contribution in [2.75, 3.05) is 6.61 Å². The van der Waals surface area contributed by atoms with Gasteiger partial charge < -0.3 is 14.6 Å². The zero-order chi connectivity index (χ0) is 22.9. The third-order valence-electron chi connectivity index (χ3n) is 5.13. The van der Waals surface area contributed by atoms with Crippen molar-refractivity contribution < 1.29 is 14.3 Å². The van der Waals surface area contributed by atoms with E-state index in [2.05, 4.69) is 27.0 Å². The highest BCUT2D eigenvalue weighted by Gasteiger charge is 2.19. The average molecular weight is 433 g/mol. The van der Waals surface area contributed by atoms with Gasteiger partial charge in [-0.3, -0.25) is 4.79 Å². The van der Waals surface area contributed by atoms with Gasteiger partial charge in [0.05, 0.1) is 25.3 Å². The van der Waals surface area contributed by atoms with E-state index in [9.17, 15) is 9.59 Å². The molecule has 0 spiro atoms. The van der Waals surface area contributed by atoms with E-state index in [1.54, 1.807) is 13.1 Å². The minimum absolute atomic E-state index is 0.0252. The molecule has 0 aliphatic rings. The lowest BCUT2D eigenvalue weighted by Crippen LogP contribution is -2.33. The summed E-state index contributed by atoms with van der Waals surface area (Å²) in [5.41, 5.74) is 6.45. The molecular formula is C25H28N4O3. The summed E-state index contributed by atoms with van der Waals surface area (Å²) in [4.78, 5) is 24.5. The number of hydrazone groups is 1. The summed E-state index contributed by atoms with van der Waals surface area (Å²) in [6.45, 7) is 8.51. The van der Waals surface area contributed by atoms with Crippen LogP contribution in [-0.2, 0) is 16.1 Å². The van der Waals surface area contributed by atoms with Gasteiger partial charge in [-0.15, -0.1) is 6.58 Å². The molecule has 166 valence electrons. The number of para-hydroxylation sites is 1. The molecule has 7 nitrogen and oxygen atoms in total. The Morgan fingerprint density at radius 2 is 1.88 bits per heavy atom. The van der Waals surface area contributed by atoms with Crippen molar-refractivity contribution in [1.29, 1.82) is 0 Å². The zero-order valence-corrected chi connectivity index (χ0v) is 18.4. The van der Waals surface area contributed by atoms with E-state index in [0.717, 1.165) is 27.7 Å². The number of benzene rings is 2. The molecule has 0 aliphatic heterocycles. The minimum Gasteiger partial charge on any atom is -0.450 e. The molecule has 1 aromatic heterocycles. The predicted molar refractivity (Wildman–Crippen MR) is 127 cm³/mol. The summed E-state index contributed by atoms with van der Waals surface area (Å²) in [6, 6.07) is 16.8. The Kier molecular flexibility index (Phi) is 7.80. The molecule has 0 unspecified atom stereocenters. The van der Waals surface area contributed by atoms with Gasteiger partial charge in [-0.1, -0.05) is 54.6 Å². The number of hydrogen-bond donors (Lipinski definition) is 2. The summed E-state index contributed by atoms with van der Waals surface area (Å²) in [6.07, 6.45) is 2.97. The second kappa shape index (κ2) is 10.9. The standard InChI is InChI=1S/C25H28N4O3/c1-4-15-29-18(3)21(20-13-9-10-14-23(20)29)17-26-28-24(30)16-22(27-25(31)32-5-2)19-11-7-6-8-12-19/h4,6-14,17,22H,1,5,15-16H2,2-3H3,(H,27,31)(H,28,30)/b26-17-/t22-/m1/s1. The SMILES string of the molecule is C=CCn1c(C)c(/C=N\NC(=O)C[C@@H](NC(=O)OCC)c2ccccc2)c2ccccc21. The molecule has 3 rings (SSSR count). The van der Waals surface area contributed by atoms with E-state index in [-0.39, 0.29) is 18.9 Å². The monoisotopic (exact) mass is 432 g/mol. The fourth-order valence-corrected chi connectivity index (χ4v) is 3.64.